The SMILES string of the molecule is CC(C)(C)c1ccc(C(=O)NNC(=S)NCC2CCCO2)cc1. The summed E-state index contributed by atoms with van der Waals surface area (Å²) in [6, 6.07) is 7.59. The first-order valence-corrected chi connectivity index (χ1v) is 8.33. The number of hydrogen-bond donors (Lipinski definition) is 3. The molecule has 1 atom stereocenters. The summed E-state index contributed by atoms with van der Waals surface area (Å²) in [5.74, 6) is -0.216. The van der Waals surface area contributed by atoms with Gasteiger partial charge in [-0.05, 0) is 48.2 Å². The molecule has 6 heteroatoms. The smallest absolute Gasteiger partial charge is 0.269 e. The number of carbonyl (C=O) groups excluding carboxylic acids is 1. The Morgan fingerprint density at radius 1 is 1.26 bits per heavy atom. The molecule has 1 fully saturated rings. The van der Waals surface area contributed by atoms with Crippen LogP contribution in [0, 0.1) is 0 Å². The maximum atomic E-state index is 12.1. The summed E-state index contributed by atoms with van der Waals surface area (Å²) in [5.41, 5.74) is 7.17. The highest BCUT2D eigenvalue weighted by Gasteiger charge is 2.16. The van der Waals surface area contributed by atoms with E-state index < -0.39 is 0 Å². The van der Waals surface area contributed by atoms with E-state index in [4.69, 9.17) is 17.0 Å². The average Bonchev–Trinajstić information content (AvgIpc) is 3.03. The Balaban J connectivity index is 1.76. The zero-order valence-electron chi connectivity index (χ0n) is 13.9. The Morgan fingerprint density at radius 2 is 1.96 bits per heavy atom. The van der Waals surface area contributed by atoms with Crippen LogP contribution in [0.4, 0.5) is 0 Å². The fourth-order valence-corrected chi connectivity index (χ4v) is 2.50. The van der Waals surface area contributed by atoms with Gasteiger partial charge in [0.2, 0.25) is 0 Å². The van der Waals surface area contributed by atoms with Crippen molar-refractivity contribution < 1.29 is 9.53 Å². The van der Waals surface area contributed by atoms with Crippen LogP contribution in [0.5, 0.6) is 0 Å². The molecule has 1 amide bonds. The van der Waals surface area contributed by atoms with Crippen molar-refractivity contribution in [2.45, 2.75) is 45.1 Å². The molecule has 2 rings (SSSR count). The summed E-state index contributed by atoms with van der Waals surface area (Å²) in [6.45, 7) is 7.89. The minimum Gasteiger partial charge on any atom is -0.376 e. The van der Waals surface area contributed by atoms with Gasteiger partial charge in [0.05, 0.1) is 6.10 Å². The van der Waals surface area contributed by atoms with Crippen molar-refractivity contribution in [3.8, 4) is 0 Å². The summed E-state index contributed by atoms with van der Waals surface area (Å²) in [7, 11) is 0. The molecule has 126 valence electrons. The molecule has 1 aliphatic rings. The maximum absolute atomic E-state index is 12.1. The number of amides is 1. The van der Waals surface area contributed by atoms with Crippen molar-refractivity contribution in [3.05, 3.63) is 35.4 Å². The lowest BCUT2D eigenvalue weighted by Crippen LogP contribution is -2.48. The van der Waals surface area contributed by atoms with Crippen molar-refractivity contribution in [1.29, 1.82) is 0 Å². The van der Waals surface area contributed by atoms with Crippen molar-refractivity contribution in [1.82, 2.24) is 16.2 Å². The highest BCUT2D eigenvalue weighted by Crippen LogP contribution is 2.22. The fraction of sp³-hybridized carbons (Fsp3) is 0.529. The predicted octanol–water partition coefficient (Wildman–Crippen LogP) is 2.27. The van der Waals surface area contributed by atoms with E-state index in [9.17, 15) is 4.79 Å². The van der Waals surface area contributed by atoms with Crippen LogP contribution in [-0.2, 0) is 10.2 Å². The van der Waals surface area contributed by atoms with E-state index in [1.807, 2.05) is 24.3 Å². The van der Waals surface area contributed by atoms with Crippen LogP contribution in [0.15, 0.2) is 24.3 Å². The summed E-state index contributed by atoms with van der Waals surface area (Å²) in [5, 5.41) is 3.43. The molecule has 0 radical (unpaired) electrons. The van der Waals surface area contributed by atoms with Crippen molar-refractivity contribution in [2.75, 3.05) is 13.2 Å². The lowest BCUT2D eigenvalue weighted by Gasteiger charge is -2.19. The van der Waals surface area contributed by atoms with E-state index in [-0.39, 0.29) is 17.4 Å². The Labute approximate surface area is 143 Å². The third-order valence-electron chi connectivity index (χ3n) is 3.82. The molecule has 23 heavy (non-hydrogen) atoms. The molecular weight excluding hydrogens is 310 g/mol. The van der Waals surface area contributed by atoms with Crippen LogP contribution in [-0.4, -0.2) is 30.3 Å². The number of hydrazine groups is 1. The number of nitrogens with one attached hydrogen (secondary N) is 3. The molecule has 1 aliphatic heterocycles. The molecule has 1 saturated heterocycles. The van der Waals surface area contributed by atoms with Gasteiger partial charge < -0.3 is 10.1 Å². The van der Waals surface area contributed by atoms with Crippen LogP contribution in [0.2, 0.25) is 0 Å². The zero-order chi connectivity index (χ0) is 16.9. The molecule has 1 aromatic carbocycles. The van der Waals surface area contributed by atoms with Crippen LogP contribution in [0.25, 0.3) is 0 Å². The van der Waals surface area contributed by atoms with E-state index in [1.54, 1.807) is 0 Å². The van der Waals surface area contributed by atoms with Gasteiger partial charge in [-0.25, -0.2) is 0 Å². The van der Waals surface area contributed by atoms with Gasteiger partial charge >= 0.3 is 0 Å². The lowest BCUT2D eigenvalue weighted by molar-refractivity contribution is 0.0943. The number of benzene rings is 1. The van der Waals surface area contributed by atoms with E-state index in [0.29, 0.717) is 17.2 Å². The second-order valence-electron chi connectivity index (χ2n) is 6.75. The maximum Gasteiger partial charge on any atom is 0.269 e. The van der Waals surface area contributed by atoms with Gasteiger partial charge in [0, 0.05) is 18.7 Å². The lowest BCUT2D eigenvalue weighted by atomic mass is 9.87. The molecule has 1 aromatic rings. The summed E-state index contributed by atoms with van der Waals surface area (Å²) in [6.07, 6.45) is 2.34. The molecular formula is C17H25N3O2S. The van der Waals surface area contributed by atoms with Gasteiger partial charge in [0.15, 0.2) is 5.11 Å². The molecule has 1 heterocycles. The zero-order valence-corrected chi connectivity index (χ0v) is 14.8. The standard InChI is InChI=1S/C17H25N3O2S/c1-17(2,3)13-8-6-12(7-9-13)15(21)19-20-16(23)18-11-14-5-4-10-22-14/h6-9,14H,4-5,10-11H2,1-3H3,(H,19,21)(H2,18,20,23). The van der Waals surface area contributed by atoms with Gasteiger partial charge in [-0.15, -0.1) is 0 Å². The highest BCUT2D eigenvalue weighted by atomic mass is 32.1. The van der Waals surface area contributed by atoms with Gasteiger partial charge in [-0.1, -0.05) is 32.9 Å². The van der Waals surface area contributed by atoms with E-state index in [1.165, 1.54) is 5.56 Å². The monoisotopic (exact) mass is 335 g/mol. The second-order valence-corrected chi connectivity index (χ2v) is 7.16. The van der Waals surface area contributed by atoms with Crippen LogP contribution < -0.4 is 16.2 Å². The Morgan fingerprint density at radius 3 is 2.52 bits per heavy atom. The summed E-state index contributed by atoms with van der Waals surface area (Å²) in [4.78, 5) is 12.1. The number of hydrogen-bond acceptors (Lipinski definition) is 3. The quantitative estimate of drug-likeness (QED) is 0.584. The predicted molar refractivity (Wildman–Crippen MR) is 95.3 cm³/mol. The third-order valence-corrected chi connectivity index (χ3v) is 4.06. The molecule has 0 bridgehead atoms. The number of rotatable bonds is 3. The second kappa shape index (κ2) is 7.75. The van der Waals surface area contributed by atoms with Crippen molar-refractivity contribution >= 4 is 23.2 Å². The number of carbonyl (C=O) groups is 1. The van der Waals surface area contributed by atoms with Crippen LogP contribution >= 0.6 is 12.2 Å². The molecule has 0 saturated carbocycles. The largest absolute Gasteiger partial charge is 0.376 e. The number of thiocarbonyl (C=S) groups is 1. The Kier molecular flexibility index (Phi) is 5.96. The van der Waals surface area contributed by atoms with Gasteiger partial charge in [-0.2, -0.15) is 0 Å². The van der Waals surface area contributed by atoms with Crippen LogP contribution in [0.1, 0.15) is 49.5 Å². The Hall–Kier alpha value is -1.66. The fourth-order valence-electron chi connectivity index (χ4n) is 2.36. The minimum absolute atomic E-state index is 0.0705. The highest BCUT2D eigenvalue weighted by molar-refractivity contribution is 7.80. The molecule has 3 N–H and O–H groups in total. The normalized spacial score (nSPS) is 17.6. The molecule has 0 spiro atoms. The summed E-state index contributed by atoms with van der Waals surface area (Å²) < 4.78 is 5.50. The van der Waals surface area contributed by atoms with Gasteiger partial charge in [-0.3, -0.25) is 15.6 Å². The van der Waals surface area contributed by atoms with Gasteiger partial charge in [0.1, 0.15) is 0 Å². The third kappa shape index (κ3) is 5.48. The average molecular weight is 335 g/mol. The molecule has 1 unspecified atom stereocenters. The summed E-state index contributed by atoms with van der Waals surface area (Å²) >= 11 is 5.13. The van der Waals surface area contributed by atoms with E-state index >= 15 is 0 Å². The first-order valence-electron chi connectivity index (χ1n) is 7.92. The Bertz CT molecular complexity index is 546. The van der Waals surface area contributed by atoms with Crippen LogP contribution in [0.3, 0.4) is 0 Å². The molecule has 0 aliphatic carbocycles. The number of ether oxygens (including phenoxy) is 1. The molecule has 5 nitrogen and oxygen atoms in total. The topological polar surface area (TPSA) is 62.4 Å². The first kappa shape index (κ1) is 17.7. The minimum atomic E-state index is -0.216. The molecule has 0 aromatic heterocycles. The van der Waals surface area contributed by atoms with Crippen molar-refractivity contribution in [3.63, 3.8) is 0 Å². The van der Waals surface area contributed by atoms with E-state index in [2.05, 4.69) is 36.9 Å². The van der Waals surface area contributed by atoms with Crippen molar-refractivity contribution in [2.24, 2.45) is 0 Å². The van der Waals surface area contributed by atoms with E-state index in [0.717, 1.165) is 19.4 Å². The van der Waals surface area contributed by atoms with Gasteiger partial charge in [0.25, 0.3) is 5.91 Å². The first-order chi connectivity index (χ1) is 10.9.